The van der Waals surface area contributed by atoms with E-state index in [4.69, 9.17) is 17.0 Å². The van der Waals surface area contributed by atoms with Crippen molar-refractivity contribution in [3.05, 3.63) is 29.8 Å². The van der Waals surface area contributed by atoms with Crippen molar-refractivity contribution in [3.8, 4) is 5.75 Å². The normalized spacial score (nSPS) is 9.57. The molecule has 3 heteroatoms. The van der Waals surface area contributed by atoms with Crippen molar-refractivity contribution in [3.63, 3.8) is 0 Å². The summed E-state index contributed by atoms with van der Waals surface area (Å²) in [4.78, 5) is 12.2. The van der Waals surface area contributed by atoms with E-state index in [0.717, 1.165) is 5.75 Å². The Hall–Kier alpha value is -1.22. The first kappa shape index (κ1) is 10.9. The second-order valence-electron chi connectivity index (χ2n) is 3.03. The van der Waals surface area contributed by atoms with Gasteiger partial charge in [0.15, 0.2) is 5.78 Å². The molecule has 0 saturated heterocycles. The number of hydrogen-bond donors (Lipinski definition) is 0. The van der Waals surface area contributed by atoms with Gasteiger partial charge in [0.1, 0.15) is 5.75 Å². The fourth-order valence-electron chi connectivity index (χ4n) is 1.11. The van der Waals surface area contributed by atoms with Gasteiger partial charge in [0.05, 0.1) is 7.11 Å². The quantitative estimate of drug-likeness (QED) is 0.562. The summed E-state index contributed by atoms with van der Waals surface area (Å²) in [5.41, 5.74) is 0.676. The van der Waals surface area contributed by atoms with Crippen LogP contribution >= 0.6 is 12.2 Å². The van der Waals surface area contributed by atoms with Gasteiger partial charge < -0.3 is 4.74 Å². The van der Waals surface area contributed by atoms with Crippen LogP contribution < -0.4 is 4.74 Å². The molecular formula is C11H12O2S. The molecule has 0 radical (unpaired) electrons. The van der Waals surface area contributed by atoms with E-state index < -0.39 is 0 Å². The first-order valence-electron chi connectivity index (χ1n) is 4.30. The molecule has 74 valence electrons. The minimum Gasteiger partial charge on any atom is -0.497 e. The zero-order valence-corrected chi connectivity index (χ0v) is 9.06. The lowest BCUT2D eigenvalue weighted by molar-refractivity contribution is 0.100. The maximum atomic E-state index is 11.5. The fourth-order valence-corrected chi connectivity index (χ4v) is 1.24. The van der Waals surface area contributed by atoms with Crippen LogP contribution in [0, 0.1) is 0 Å². The maximum Gasteiger partial charge on any atom is 0.167 e. The summed E-state index contributed by atoms with van der Waals surface area (Å²) in [6.45, 7) is 1.77. The summed E-state index contributed by atoms with van der Waals surface area (Å²) in [5.74, 6) is 0.806. The number of benzene rings is 1. The molecule has 0 unspecified atom stereocenters. The third-order valence-corrected chi connectivity index (χ3v) is 1.97. The molecule has 1 aromatic rings. The lowest BCUT2D eigenvalue weighted by atomic mass is 10.1. The molecule has 0 aliphatic rings. The van der Waals surface area contributed by atoms with Gasteiger partial charge in [0.2, 0.25) is 0 Å². The van der Waals surface area contributed by atoms with Crippen LogP contribution in [0.1, 0.15) is 23.7 Å². The van der Waals surface area contributed by atoms with Gasteiger partial charge in [-0.15, -0.1) is 0 Å². The van der Waals surface area contributed by atoms with Gasteiger partial charge in [-0.2, -0.15) is 0 Å². The Kier molecular flexibility index (Phi) is 3.77. The third kappa shape index (κ3) is 2.92. The highest BCUT2D eigenvalue weighted by Crippen LogP contribution is 2.12. The molecule has 14 heavy (non-hydrogen) atoms. The van der Waals surface area contributed by atoms with Crippen molar-refractivity contribution < 1.29 is 9.53 Å². The van der Waals surface area contributed by atoms with E-state index in [9.17, 15) is 4.79 Å². The number of hydrogen-bond acceptors (Lipinski definition) is 3. The molecule has 0 aromatic heterocycles. The van der Waals surface area contributed by atoms with E-state index in [1.54, 1.807) is 38.3 Å². The lowest BCUT2D eigenvalue weighted by Crippen LogP contribution is -2.03. The monoisotopic (exact) mass is 208 g/mol. The molecule has 0 amide bonds. The summed E-state index contributed by atoms with van der Waals surface area (Å²) < 4.78 is 4.99. The summed E-state index contributed by atoms with van der Waals surface area (Å²) in [5, 5.41) is 0. The topological polar surface area (TPSA) is 26.3 Å². The molecule has 0 spiro atoms. The van der Waals surface area contributed by atoms with Crippen molar-refractivity contribution in [1.29, 1.82) is 0 Å². The van der Waals surface area contributed by atoms with E-state index in [1.807, 2.05) is 0 Å². The van der Waals surface area contributed by atoms with Gasteiger partial charge in [0, 0.05) is 12.0 Å². The summed E-state index contributed by atoms with van der Waals surface area (Å²) in [6.07, 6.45) is 0.335. The van der Waals surface area contributed by atoms with Crippen LogP contribution in [0.2, 0.25) is 0 Å². The van der Waals surface area contributed by atoms with Gasteiger partial charge in [-0.05, 0) is 36.1 Å². The lowest BCUT2D eigenvalue weighted by Gasteiger charge is -2.01. The molecule has 1 rings (SSSR count). The average Bonchev–Trinajstić information content (AvgIpc) is 2.17. The molecule has 0 bridgehead atoms. The molecule has 0 atom stereocenters. The van der Waals surface area contributed by atoms with E-state index in [1.165, 1.54) is 0 Å². The number of rotatable bonds is 4. The summed E-state index contributed by atoms with van der Waals surface area (Å²) in [6, 6.07) is 7.04. The number of carbonyl (C=O) groups is 1. The van der Waals surface area contributed by atoms with Gasteiger partial charge in [-0.1, -0.05) is 12.2 Å². The Morgan fingerprint density at radius 2 is 1.93 bits per heavy atom. The van der Waals surface area contributed by atoms with Crippen LogP contribution in [0.3, 0.4) is 0 Å². The second kappa shape index (κ2) is 4.86. The fraction of sp³-hybridized carbons (Fsp3) is 0.273. The highest BCUT2D eigenvalue weighted by atomic mass is 32.1. The van der Waals surface area contributed by atoms with Crippen LogP contribution in [0.25, 0.3) is 0 Å². The van der Waals surface area contributed by atoms with Crippen LogP contribution in [-0.2, 0) is 0 Å². The van der Waals surface area contributed by atoms with Gasteiger partial charge in [-0.25, -0.2) is 0 Å². The van der Waals surface area contributed by atoms with Gasteiger partial charge in [0.25, 0.3) is 0 Å². The Labute approximate surface area is 88.9 Å². The smallest absolute Gasteiger partial charge is 0.167 e. The van der Waals surface area contributed by atoms with Crippen molar-refractivity contribution in [2.24, 2.45) is 0 Å². The highest BCUT2D eigenvalue weighted by molar-refractivity contribution is 7.80. The molecule has 0 saturated carbocycles. The second-order valence-corrected chi connectivity index (χ2v) is 3.73. The number of thiocarbonyl (C=S) groups is 1. The maximum absolute atomic E-state index is 11.5. The van der Waals surface area contributed by atoms with Crippen LogP contribution in [-0.4, -0.2) is 17.8 Å². The molecule has 2 nitrogen and oxygen atoms in total. The Morgan fingerprint density at radius 1 is 1.36 bits per heavy atom. The van der Waals surface area contributed by atoms with Gasteiger partial charge in [-0.3, -0.25) is 4.79 Å². The molecule has 0 aliphatic heterocycles. The molecule has 0 N–H and O–H groups in total. The SMILES string of the molecule is COc1ccc(C(=O)CC(C)=S)cc1. The molecular weight excluding hydrogens is 196 g/mol. The highest BCUT2D eigenvalue weighted by Gasteiger charge is 2.06. The van der Waals surface area contributed by atoms with E-state index >= 15 is 0 Å². The number of ketones is 1. The summed E-state index contributed by atoms with van der Waals surface area (Å²) >= 11 is 4.87. The number of Topliss-reactive ketones (excluding diaryl/α,β-unsaturated/α-hetero) is 1. The molecule has 0 fully saturated rings. The van der Waals surface area contributed by atoms with Crippen LogP contribution in [0.5, 0.6) is 5.75 Å². The minimum absolute atomic E-state index is 0.0557. The zero-order chi connectivity index (χ0) is 10.6. The van der Waals surface area contributed by atoms with Crippen molar-refractivity contribution in [2.45, 2.75) is 13.3 Å². The molecule has 1 aromatic carbocycles. The van der Waals surface area contributed by atoms with Crippen molar-refractivity contribution in [2.75, 3.05) is 7.11 Å². The minimum atomic E-state index is 0.0557. The standard InChI is InChI=1S/C11H12O2S/c1-8(14)7-11(12)9-3-5-10(13-2)6-4-9/h3-6H,7H2,1-2H3. The predicted octanol–water partition coefficient (Wildman–Crippen LogP) is 2.66. The first-order valence-corrected chi connectivity index (χ1v) is 4.71. The van der Waals surface area contributed by atoms with E-state index in [-0.39, 0.29) is 5.78 Å². The Balaban J connectivity index is 2.76. The van der Waals surface area contributed by atoms with Crippen molar-refractivity contribution >= 4 is 22.9 Å². The predicted molar refractivity (Wildman–Crippen MR) is 60.2 cm³/mol. The van der Waals surface area contributed by atoms with E-state index in [2.05, 4.69) is 0 Å². The van der Waals surface area contributed by atoms with Gasteiger partial charge >= 0.3 is 0 Å². The number of methoxy groups -OCH3 is 1. The Morgan fingerprint density at radius 3 is 2.36 bits per heavy atom. The van der Waals surface area contributed by atoms with E-state index in [0.29, 0.717) is 16.8 Å². The van der Waals surface area contributed by atoms with Crippen LogP contribution in [0.15, 0.2) is 24.3 Å². The third-order valence-electron chi connectivity index (χ3n) is 1.82. The number of ether oxygens (including phenoxy) is 1. The number of carbonyl (C=O) groups excluding carboxylic acids is 1. The van der Waals surface area contributed by atoms with Crippen LogP contribution in [0.4, 0.5) is 0 Å². The summed E-state index contributed by atoms with van der Waals surface area (Å²) in [7, 11) is 1.60. The average molecular weight is 208 g/mol. The Bertz CT molecular complexity index is 341. The largest absolute Gasteiger partial charge is 0.497 e. The first-order chi connectivity index (χ1) is 6.63. The molecule has 0 aliphatic carbocycles. The van der Waals surface area contributed by atoms with Crippen molar-refractivity contribution in [1.82, 2.24) is 0 Å². The zero-order valence-electron chi connectivity index (χ0n) is 8.24. The molecule has 0 heterocycles.